The van der Waals surface area contributed by atoms with Gasteiger partial charge in [0, 0.05) is 12.7 Å². The van der Waals surface area contributed by atoms with E-state index in [1.54, 1.807) is 66.7 Å². The standard InChI is InChI=1S/C29H29N3O6S2/c1-22-12-18-28(19-13-22)40(36,37)32(24-14-16-27(17-15-24)38-26-10-5-4-6-11-26)21-29(33)30-23-8-7-9-25(20-23)31(2)39(3,34)35/h4-20H,21H2,1-3H3,(H,30,33). The maximum absolute atomic E-state index is 13.7. The van der Waals surface area contributed by atoms with Crippen LogP contribution < -0.4 is 18.7 Å². The number of hydrogen-bond acceptors (Lipinski definition) is 6. The summed E-state index contributed by atoms with van der Waals surface area (Å²) in [7, 11) is -6.24. The number of para-hydroxylation sites is 1. The van der Waals surface area contributed by atoms with Gasteiger partial charge in [-0.1, -0.05) is 42.0 Å². The summed E-state index contributed by atoms with van der Waals surface area (Å²) < 4.78 is 59.2. The largest absolute Gasteiger partial charge is 0.457 e. The Hall–Kier alpha value is -4.35. The molecule has 4 aromatic carbocycles. The third-order valence-electron chi connectivity index (χ3n) is 5.99. The van der Waals surface area contributed by atoms with Crippen LogP contribution in [0.5, 0.6) is 11.5 Å². The Morgan fingerprint density at radius 3 is 2.02 bits per heavy atom. The predicted octanol–water partition coefficient (Wildman–Crippen LogP) is 5.02. The molecule has 40 heavy (non-hydrogen) atoms. The van der Waals surface area contributed by atoms with Gasteiger partial charge in [0.25, 0.3) is 10.0 Å². The first kappa shape index (κ1) is 28.7. The van der Waals surface area contributed by atoms with Crippen LogP contribution in [0.2, 0.25) is 0 Å². The lowest BCUT2D eigenvalue weighted by Crippen LogP contribution is -2.38. The lowest BCUT2D eigenvalue weighted by atomic mass is 10.2. The first-order valence-corrected chi connectivity index (χ1v) is 15.5. The van der Waals surface area contributed by atoms with Gasteiger partial charge in [-0.3, -0.25) is 13.4 Å². The number of amides is 1. The summed E-state index contributed by atoms with van der Waals surface area (Å²) in [5.74, 6) is 0.515. The molecule has 0 heterocycles. The van der Waals surface area contributed by atoms with E-state index in [9.17, 15) is 21.6 Å². The summed E-state index contributed by atoms with van der Waals surface area (Å²) >= 11 is 0. The molecule has 4 rings (SSSR count). The fraction of sp³-hybridized carbons (Fsp3) is 0.138. The Balaban J connectivity index is 1.62. The van der Waals surface area contributed by atoms with E-state index in [1.807, 2.05) is 25.1 Å². The molecular weight excluding hydrogens is 550 g/mol. The zero-order valence-electron chi connectivity index (χ0n) is 22.2. The van der Waals surface area contributed by atoms with Crippen molar-refractivity contribution < 1.29 is 26.4 Å². The number of hydrogen-bond donors (Lipinski definition) is 1. The van der Waals surface area contributed by atoms with Crippen molar-refractivity contribution in [2.24, 2.45) is 0 Å². The van der Waals surface area contributed by atoms with Crippen LogP contribution in [-0.2, 0) is 24.8 Å². The Morgan fingerprint density at radius 2 is 1.40 bits per heavy atom. The first-order chi connectivity index (χ1) is 18.9. The smallest absolute Gasteiger partial charge is 0.264 e. The number of anilines is 3. The number of sulfonamides is 2. The molecule has 9 nitrogen and oxygen atoms in total. The molecule has 0 atom stereocenters. The Morgan fingerprint density at radius 1 is 0.775 bits per heavy atom. The molecule has 1 N–H and O–H groups in total. The number of nitrogens with zero attached hydrogens (tertiary/aromatic N) is 2. The zero-order valence-corrected chi connectivity index (χ0v) is 23.8. The van der Waals surface area contributed by atoms with Crippen molar-refractivity contribution in [3.05, 3.63) is 109 Å². The molecule has 0 radical (unpaired) electrons. The summed E-state index contributed by atoms with van der Waals surface area (Å²) in [4.78, 5) is 13.2. The molecular formula is C29H29N3O6S2. The molecule has 0 aromatic heterocycles. The van der Waals surface area contributed by atoms with E-state index in [2.05, 4.69) is 5.32 Å². The van der Waals surface area contributed by atoms with Crippen LogP contribution in [0.25, 0.3) is 0 Å². The second kappa shape index (κ2) is 11.8. The summed E-state index contributed by atoms with van der Waals surface area (Å²) in [6.07, 6.45) is 1.07. The van der Waals surface area contributed by atoms with Crippen molar-refractivity contribution in [3.63, 3.8) is 0 Å². The highest BCUT2D eigenvalue weighted by Crippen LogP contribution is 2.28. The van der Waals surface area contributed by atoms with E-state index in [1.165, 1.54) is 25.2 Å². The summed E-state index contributed by atoms with van der Waals surface area (Å²) in [6.45, 7) is 1.32. The maximum Gasteiger partial charge on any atom is 0.264 e. The lowest BCUT2D eigenvalue weighted by molar-refractivity contribution is -0.114. The Kier molecular flexibility index (Phi) is 8.46. The minimum Gasteiger partial charge on any atom is -0.457 e. The van der Waals surface area contributed by atoms with E-state index in [4.69, 9.17) is 4.74 Å². The Labute approximate surface area is 234 Å². The fourth-order valence-electron chi connectivity index (χ4n) is 3.76. The molecule has 1 amide bonds. The average Bonchev–Trinajstić information content (AvgIpc) is 2.92. The number of ether oxygens (including phenoxy) is 1. The molecule has 0 aliphatic carbocycles. The van der Waals surface area contributed by atoms with Crippen molar-refractivity contribution >= 4 is 43.0 Å². The molecule has 11 heteroatoms. The van der Waals surface area contributed by atoms with Gasteiger partial charge in [0.2, 0.25) is 15.9 Å². The number of carbonyl (C=O) groups excluding carboxylic acids is 1. The second-order valence-electron chi connectivity index (χ2n) is 9.06. The summed E-state index contributed by atoms with van der Waals surface area (Å²) in [5, 5.41) is 2.67. The number of rotatable bonds is 10. The van der Waals surface area contributed by atoms with Gasteiger partial charge >= 0.3 is 0 Å². The fourth-order valence-corrected chi connectivity index (χ4v) is 5.68. The number of nitrogens with one attached hydrogen (secondary N) is 1. The van der Waals surface area contributed by atoms with E-state index in [-0.39, 0.29) is 10.6 Å². The molecule has 0 aliphatic rings. The number of benzene rings is 4. The summed E-state index contributed by atoms with van der Waals surface area (Å²) in [5.41, 5.74) is 1.82. The minimum atomic E-state index is -4.13. The van der Waals surface area contributed by atoms with E-state index in [0.29, 0.717) is 22.9 Å². The molecule has 0 saturated carbocycles. The minimum absolute atomic E-state index is 0.0345. The first-order valence-electron chi connectivity index (χ1n) is 12.2. The van der Waals surface area contributed by atoms with Crippen LogP contribution in [0.15, 0.2) is 108 Å². The molecule has 0 fully saturated rings. The number of aryl methyl sites for hydroxylation is 1. The molecule has 0 bridgehead atoms. The van der Waals surface area contributed by atoms with Crippen molar-refractivity contribution in [3.8, 4) is 11.5 Å². The van der Waals surface area contributed by atoms with Crippen molar-refractivity contribution in [2.75, 3.05) is 33.8 Å². The topological polar surface area (TPSA) is 113 Å². The molecule has 208 valence electrons. The highest BCUT2D eigenvalue weighted by Gasteiger charge is 2.27. The Bertz CT molecular complexity index is 1690. The van der Waals surface area contributed by atoms with Gasteiger partial charge in [0.15, 0.2) is 0 Å². The van der Waals surface area contributed by atoms with Crippen molar-refractivity contribution in [1.82, 2.24) is 0 Å². The van der Waals surface area contributed by atoms with Gasteiger partial charge < -0.3 is 10.1 Å². The van der Waals surface area contributed by atoms with Gasteiger partial charge in [-0.05, 0) is 73.7 Å². The third kappa shape index (κ3) is 6.99. The van der Waals surface area contributed by atoms with Crippen LogP contribution in [0.1, 0.15) is 5.56 Å². The van der Waals surface area contributed by atoms with Crippen LogP contribution in [-0.4, -0.2) is 42.6 Å². The molecule has 4 aromatic rings. The highest BCUT2D eigenvalue weighted by atomic mass is 32.2. The molecule has 0 spiro atoms. The van der Waals surface area contributed by atoms with Crippen molar-refractivity contribution in [1.29, 1.82) is 0 Å². The van der Waals surface area contributed by atoms with Gasteiger partial charge in [0.1, 0.15) is 18.0 Å². The van der Waals surface area contributed by atoms with E-state index in [0.717, 1.165) is 20.4 Å². The van der Waals surface area contributed by atoms with Crippen LogP contribution in [0, 0.1) is 6.92 Å². The monoisotopic (exact) mass is 579 g/mol. The normalized spacial score (nSPS) is 11.5. The van der Waals surface area contributed by atoms with Crippen molar-refractivity contribution in [2.45, 2.75) is 11.8 Å². The lowest BCUT2D eigenvalue weighted by Gasteiger charge is -2.24. The SMILES string of the molecule is Cc1ccc(S(=O)(=O)N(CC(=O)Nc2cccc(N(C)S(C)(=O)=O)c2)c2ccc(Oc3ccccc3)cc2)cc1. The average molecular weight is 580 g/mol. The van der Waals surface area contributed by atoms with Crippen LogP contribution in [0.3, 0.4) is 0 Å². The quantitative estimate of drug-likeness (QED) is 0.282. The molecule has 0 unspecified atom stereocenters. The van der Waals surface area contributed by atoms with Gasteiger partial charge in [0.05, 0.1) is 22.5 Å². The van der Waals surface area contributed by atoms with E-state index >= 15 is 0 Å². The highest BCUT2D eigenvalue weighted by molar-refractivity contribution is 7.93. The molecule has 0 saturated heterocycles. The van der Waals surface area contributed by atoms with Gasteiger partial charge in [-0.2, -0.15) is 0 Å². The number of carbonyl (C=O) groups is 1. The zero-order chi connectivity index (χ0) is 28.9. The third-order valence-corrected chi connectivity index (χ3v) is 8.98. The van der Waals surface area contributed by atoms with Crippen LogP contribution >= 0.6 is 0 Å². The van der Waals surface area contributed by atoms with Gasteiger partial charge in [-0.25, -0.2) is 16.8 Å². The second-order valence-corrected chi connectivity index (χ2v) is 12.9. The van der Waals surface area contributed by atoms with Gasteiger partial charge in [-0.15, -0.1) is 0 Å². The van der Waals surface area contributed by atoms with E-state index < -0.39 is 32.5 Å². The van der Waals surface area contributed by atoms with Crippen LogP contribution in [0.4, 0.5) is 17.1 Å². The predicted molar refractivity (Wildman–Crippen MR) is 157 cm³/mol. The summed E-state index contributed by atoms with van der Waals surface area (Å²) in [6, 6.07) is 28.2. The maximum atomic E-state index is 13.7. The molecule has 0 aliphatic heterocycles.